The number of nitrogens with zero attached hydrogens (tertiary/aromatic N) is 2. The van der Waals surface area contributed by atoms with Crippen LogP contribution < -0.4 is 10.9 Å². The topological polar surface area (TPSA) is 64.0 Å². The average Bonchev–Trinajstić information content (AvgIpc) is 3.22. The van der Waals surface area contributed by atoms with Gasteiger partial charge in [-0.1, -0.05) is 71.9 Å². The molecule has 1 atom stereocenters. The van der Waals surface area contributed by atoms with E-state index in [1.54, 1.807) is 35.8 Å². The maximum absolute atomic E-state index is 14.0. The number of carbonyl (C=O) groups is 1. The molecular weight excluding hydrogens is 510 g/mol. The van der Waals surface area contributed by atoms with Crippen molar-refractivity contribution in [3.63, 3.8) is 0 Å². The molecule has 3 aromatic carbocycles. The highest BCUT2D eigenvalue weighted by Gasteiger charge is 2.24. The summed E-state index contributed by atoms with van der Waals surface area (Å²) in [6.07, 6.45) is 0. The van der Waals surface area contributed by atoms with Crippen LogP contribution in [0.15, 0.2) is 94.9 Å². The first-order chi connectivity index (χ1) is 17.4. The van der Waals surface area contributed by atoms with Gasteiger partial charge in [0.2, 0.25) is 5.91 Å². The lowest BCUT2D eigenvalue weighted by Gasteiger charge is -2.16. The summed E-state index contributed by atoms with van der Waals surface area (Å²) in [4.78, 5) is 33.6. The zero-order valence-electron chi connectivity index (χ0n) is 19.6. The summed E-state index contributed by atoms with van der Waals surface area (Å²) in [5.74, 6) is -0.191. The minimum Gasteiger partial charge on any atom is -0.325 e. The summed E-state index contributed by atoms with van der Waals surface area (Å²) in [6, 6.07) is 26.3. The lowest BCUT2D eigenvalue weighted by molar-refractivity contribution is -0.115. The predicted molar refractivity (Wildman–Crippen MR) is 151 cm³/mol. The van der Waals surface area contributed by atoms with E-state index in [0.717, 1.165) is 16.0 Å². The van der Waals surface area contributed by atoms with Gasteiger partial charge in [0.25, 0.3) is 5.56 Å². The number of hydrogen-bond acceptors (Lipinski definition) is 5. The number of aryl methyl sites for hydroxylation is 1. The molecule has 0 saturated carbocycles. The number of halogens is 1. The number of aromatic nitrogens is 2. The van der Waals surface area contributed by atoms with Gasteiger partial charge < -0.3 is 5.32 Å². The molecule has 1 N–H and O–H groups in total. The van der Waals surface area contributed by atoms with E-state index in [-0.39, 0.29) is 11.5 Å². The monoisotopic (exact) mass is 531 g/mol. The fraction of sp³-hybridized carbons (Fsp3) is 0.107. The molecule has 0 fully saturated rings. The highest BCUT2D eigenvalue weighted by molar-refractivity contribution is 8.00. The minimum atomic E-state index is -0.505. The van der Waals surface area contributed by atoms with Crippen molar-refractivity contribution in [1.29, 1.82) is 0 Å². The van der Waals surface area contributed by atoms with Gasteiger partial charge in [-0.05, 0) is 55.8 Å². The van der Waals surface area contributed by atoms with Gasteiger partial charge in [0.15, 0.2) is 5.16 Å². The quantitative estimate of drug-likeness (QED) is 0.186. The van der Waals surface area contributed by atoms with Crippen molar-refractivity contribution < 1.29 is 4.79 Å². The molecule has 5 nitrogen and oxygen atoms in total. The SMILES string of the molecule is Cc1sc2nc(SC(C)C(=O)Nc3ccc(Cl)cc3)n(-c3ccccc3)c(=O)c2c1-c1ccccc1. The van der Waals surface area contributed by atoms with E-state index in [4.69, 9.17) is 16.6 Å². The lowest BCUT2D eigenvalue weighted by atomic mass is 10.0. The normalized spacial score (nSPS) is 12.0. The molecule has 1 unspecified atom stereocenters. The molecule has 0 spiro atoms. The van der Waals surface area contributed by atoms with Gasteiger partial charge in [0.05, 0.1) is 16.3 Å². The molecular formula is C28H22ClN3O2S2. The van der Waals surface area contributed by atoms with Crippen LogP contribution in [-0.2, 0) is 4.79 Å². The fourth-order valence-electron chi connectivity index (χ4n) is 3.97. The van der Waals surface area contributed by atoms with Gasteiger partial charge in [-0.15, -0.1) is 11.3 Å². The summed E-state index contributed by atoms with van der Waals surface area (Å²) < 4.78 is 1.61. The third-order valence-corrected chi connectivity index (χ3v) is 8.01. The van der Waals surface area contributed by atoms with Crippen LogP contribution in [0, 0.1) is 6.92 Å². The molecule has 2 heterocycles. The molecule has 0 aliphatic heterocycles. The van der Waals surface area contributed by atoms with Gasteiger partial charge in [-0.3, -0.25) is 14.2 Å². The highest BCUT2D eigenvalue weighted by atomic mass is 35.5. The van der Waals surface area contributed by atoms with E-state index in [1.165, 1.54) is 23.1 Å². The van der Waals surface area contributed by atoms with Crippen LogP contribution in [0.5, 0.6) is 0 Å². The number of amides is 1. The third-order valence-electron chi connectivity index (χ3n) is 5.71. The Kier molecular flexibility index (Phi) is 6.96. The zero-order valence-corrected chi connectivity index (χ0v) is 22.0. The Labute approximate surface area is 221 Å². The number of carbonyl (C=O) groups excluding carboxylic acids is 1. The number of anilines is 1. The van der Waals surface area contributed by atoms with E-state index in [0.29, 0.717) is 31.8 Å². The maximum atomic E-state index is 14.0. The van der Waals surface area contributed by atoms with Crippen molar-refractivity contribution in [3.05, 3.63) is 105 Å². The largest absolute Gasteiger partial charge is 0.325 e. The van der Waals surface area contributed by atoms with Crippen LogP contribution in [0.1, 0.15) is 11.8 Å². The number of thiophene rings is 1. The smallest absolute Gasteiger partial charge is 0.268 e. The molecule has 8 heteroatoms. The third kappa shape index (κ3) is 4.82. The van der Waals surface area contributed by atoms with Crippen LogP contribution in [0.3, 0.4) is 0 Å². The summed E-state index contributed by atoms with van der Waals surface area (Å²) in [5, 5.41) is 4.06. The summed E-state index contributed by atoms with van der Waals surface area (Å²) in [7, 11) is 0. The molecule has 0 aliphatic rings. The molecule has 180 valence electrons. The van der Waals surface area contributed by atoms with Gasteiger partial charge in [-0.2, -0.15) is 0 Å². The zero-order chi connectivity index (χ0) is 25.2. The van der Waals surface area contributed by atoms with Crippen molar-refractivity contribution in [2.75, 3.05) is 5.32 Å². The number of fused-ring (bicyclic) bond motifs is 1. The van der Waals surface area contributed by atoms with Crippen molar-refractivity contribution in [2.45, 2.75) is 24.3 Å². The number of para-hydroxylation sites is 1. The highest BCUT2D eigenvalue weighted by Crippen LogP contribution is 2.37. The molecule has 36 heavy (non-hydrogen) atoms. The second kappa shape index (κ2) is 10.3. The van der Waals surface area contributed by atoms with Crippen LogP contribution >= 0.6 is 34.7 Å². The summed E-state index contributed by atoms with van der Waals surface area (Å²) in [5.41, 5.74) is 3.09. The molecule has 0 radical (unpaired) electrons. The van der Waals surface area contributed by atoms with Crippen LogP contribution in [-0.4, -0.2) is 20.7 Å². The molecule has 0 saturated heterocycles. The predicted octanol–water partition coefficient (Wildman–Crippen LogP) is 7.20. The number of benzene rings is 3. The van der Waals surface area contributed by atoms with Gasteiger partial charge in [-0.25, -0.2) is 4.98 Å². The van der Waals surface area contributed by atoms with E-state index >= 15 is 0 Å². The number of nitrogens with one attached hydrogen (secondary N) is 1. The second-order valence-corrected chi connectivity index (χ2v) is 11.2. The van der Waals surface area contributed by atoms with Gasteiger partial charge in [0, 0.05) is 21.2 Å². The number of rotatable bonds is 6. The Morgan fingerprint density at radius 2 is 1.64 bits per heavy atom. The minimum absolute atomic E-state index is 0.151. The Balaban J connectivity index is 1.59. The van der Waals surface area contributed by atoms with E-state index < -0.39 is 5.25 Å². The van der Waals surface area contributed by atoms with Crippen molar-refractivity contribution >= 4 is 56.5 Å². The van der Waals surface area contributed by atoms with Gasteiger partial charge >= 0.3 is 0 Å². The number of thioether (sulfide) groups is 1. The molecule has 1 amide bonds. The van der Waals surface area contributed by atoms with Crippen molar-refractivity contribution in [3.8, 4) is 16.8 Å². The summed E-state index contributed by atoms with van der Waals surface area (Å²) in [6.45, 7) is 3.81. The Hall–Kier alpha value is -3.39. The Bertz CT molecular complexity index is 1600. The lowest BCUT2D eigenvalue weighted by Crippen LogP contribution is -2.26. The first kappa shape index (κ1) is 24.3. The first-order valence-electron chi connectivity index (χ1n) is 11.3. The van der Waals surface area contributed by atoms with Gasteiger partial charge in [0.1, 0.15) is 4.83 Å². The van der Waals surface area contributed by atoms with E-state index in [2.05, 4.69) is 5.32 Å². The molecule has 0 aliphatic carbocycles. The van der Waals surface area contributed by atoms with Crippen LogP contribution in [0.4, 0.5) is 5.69 Å². The average molecular weight is 532 g/mol. The van der Waals surface area contributed by atoms with Crippen molar-refractivity contribution in [2.24, 2.45) is 0 Å². The van der Waals surface area contributed by atoms with E-state index in [9.17, 15) is 9.59 Å². The molecule has 5 aromatic rings. The number of hydrogen-bond donors (Lipinski definition) is 1. The van der Waals surface area contributed by atoms with Crippen LogP contribution in [0.2, 0.25) is 5.02 Å². The fourth-order valence-corrected chi connectivity index (χ4v) is 6.11. The maximum Gasteiger partial charge on any atom is 0.268 e. The summed E-state index contributed by atoms with van der Waals surface area (Å²) >= 11 is 8.70. The van der Waals surface area contributed by atoms with Crippen LogP contribution in [0.25, 0.3) is 27.0 Å². The molecule has 0 bridgehead atoms. The first-order valence-corrected chi connectivity index (χ1v) is 13.4. The van der Waals surface area contributed by atoms with E-state index in [1.807, 2.05) is 67.6 Å². The second-order valence-electron chi connectivity index (χ2n) is 8.21. The Morgan fingerprint density at radius 3 is 2.31 bits per heavy atom. The molecule has 2 aromatic heterocycles. The standard InChI is InChI=1S/C28H22ClN3O2S2/c1-17-23(19-9-5-3-6-10-19)24-26(35-17)31-28(32(27(24)34)22-11-7-4-8-12-22)36-18(2)25(33)30-21-15-13-20(29)14-16-21/h3-16,18H,1-2H3,(H,30,33). The van der Waals surface area contributed by atoms with Crippen molar-refractivity contribution in [1.82, 2.24) is 9.55 Å². The Morgan fingerprint density at radius 1 is 1.00 bits per heavy atom. The molecule has 5 rings (SSSR count).